The second-order valence-electron chi connectivity index (χ2n) is 7.58. The minimum absolute atomic E-state index is 0.0106. The first-order chi connectivity index (χ1) is 15.5. The molecule has 1 saturated heterocycles. The van der Waals surface area contributed by atoms with Gasteiger partial charge in [0.05, 0.1) is 23.6 Å². The zero-order valence-corrected chi connectivity index (χ0v) is 17.6. The van der Waals surface area contributed by atoms with Crippen LogP contribution >= 0.6 is 0 Å². The lowest BCUT2D eigenvalue weighted by Crippen LogP contribution is -2.41. The van der Waals surface area contributed by atoms with Crippen molar-refractivity contribution in [1.29, 1.82) is 0 Å². The predicted octanol–water partition coefficient (Wildman–Crippen LogP) is 3.92. The summed E-state index contributed by atoms with van der Waals surface area (Å²) in [6, 6.07) is 17.3. The van der Waals surface area contributed by atoms with Gasteiger partial charge in [0, 0.05) is 36.5 Å². The molecule has 0 bridgehead atoms. The summed E-state index contributed by atoms with van der Waals surface area (Å²) in [6.07, 6.45) is 1.63. The lowest BCUT2D eigenvalue weighted by molar-refractivity contribution is -0.384. The van der Waals surface area contributed by atoms with E-state index in [1.165, 1.54) is 12.1 Å². The maximum Gasteiger partial charge on any atom is 0.269 e. The summed E-state index contributed by atoms with van der Waals surface area (Å²) in [5.41, 5.74) is 2.24. The third-order valence-corrected chi connectivity index (χ3v) is 5.50. The molecule has 2 aromatic carbocycles. The van der Waals surface area contributed by atoms with Crippen LogP contribution in [0.3, 0.4) is 0 Å². The van der Waals surface area contributed by atoms with Crippen molar-refractivity contribution >= 4 is 23.1 Å². The van der Waals surface area contributed by atoms with Crippen molar-refractivity contribution in [3.8, 4) is 17.0 Å². The number of anilines is 2. The van der Waals surface area contributed by atoms with E-state index < -0.39 is 4.92 Å². The summed E-state index contributed by atoms with van der Waals surface area (Å²) in [5, 5.41) is 22.4. The third-order valence-electron chi connectivity index (χ3n) is 5.50. The van der Waals surface area contributed by atoms with Gasteiger partial charge in [0.15, 0.2) is 5.82 Å². The fraction of sp³-hybridized carbons (Fsp3) is 0.261. The highest BCUT2D eigenvalue weighted by Gasteiger charge is 2.27. The van der Waals surface area contributed by atoms with Crippen LogP contribution < -0.4 is 15.0 Å². The lowest BCUT2D eigenvalue weighted by atomic mass is 9.97. The first-order valence-corrected chi connectivity index (χ1v) is 10.3. The van der Waals surface area contributed by atoms with Crippen LogP contribution in [0.25, 0.3) is 11.3 Å². The van der Waals surface area contributed by atoms with Crippen molar-refractivity contribution in [3.05, 3.63) is 70.8 Å². The minimum Gasteiger partial charge on any atom is -0.497 e. The van der Waals surface area contributed by atoms with E-state index in [0.29, 0.717) is 12.2 Å². The predicted molar refractivity (Wildman–Crippen MR) is 121 cm³/mol. The summed E-state index contributed by atoms with van der Waals surface area (Å²) < 4.78 is 5.18. The van der Waals surface area contributed by atoms with E-state index in [1.54, 1.807) is 19.2 Å². The van der Waals surface area contributed by atoms with Gasteiger partial charge in [-0.1, -0.05) is 0 Å². The highest BCUT2D eigenvalue weighted by molar-refractivity contribution is 5.93. The molecular weight excluding hydrogens is 410 g/mol. The summed E-state index contributed by atoms with van der Waals surface area (Å²) in [5.74, 6) is 1.20. The number of carbonyl (C=O) groups is 1. The fourth-order valence-electron chi connectivity index (χ4n) is 3.72. The van der Waals surface area contributed by atoms with Gasteiger partial charge < -0.3 is 15.0 Å². The standard InChI is InChI=1S/C23H23N5O4/c1-32-20-10-4-16(5-11-20)21-12-13-22(26-25-21)27-14-2-3-17(15-27)23(29)24-18-6-8-19(9-7-18)28(30)31/h4-13,17H,2-3,14-15H2,1H3,(H,24,29)/t17-/m1/s1. The minimum atomic E-state index is -0.467. The van der Waals surface area contributed by atoms with E-state index in [9.17, 15) is 14.9 Å². The second-order valence-corrected chi connectivity index (χ2v) is 7.58. The third kappa shape index (κ3) is 4.83. The van der Waals surface area contributed by atoms with Gasteiger partial charge in [-0.15, -0.1) is 10.2 Å². The van der Waals surface area contributed by atoms with Crippen molar-refractivity contribution in [2.24, 2.45) is 5.92 Å². The molecule has 164 valence electrons. The SMILES string of the molecule is COc1ccc(-c2ccc(N3CCC[C@@H](C(=O)Nc4ccc([N+](=O)[O-])cc4)C3)nn2)cc1. The molecule has 1 fully saturated rings. The lowest BCUT2D eigenvalue weighted by Gasteiger charge is -2.32. The van der Waals surface area contributed by atoms with Gasteiger partial charge in [0.2, 0.25) is 5.91 Å². The first kappa shape index (κ1) is 21.2. The van der Waals surface area contributed by atoms with E-state index in [0.717, 1.165) is 42.2 Å². The first-order valence-electron chi connectivity index (χ1n) is 10.3. The van der Waals surface area contributed by atoms with E-state index >= 15 is 0 Å². The summed E-state index contributed by atoms with van der Waals surface area (Å²) >= 11 is 0. The second kappa shape index (κ2) is 9.42. The van der Waals surface area contributed by atoms with E-state index in [4.69, 9.17) is 4.74 Å². The normalized spacial score (nSPS) is 15.8. The molecule has 0 saturated carbocycles. The van der Waals surface area contributed by atoms with Gasteiger partial charge in [-0.3, -0.25) is 14.9 Å². The van der Waals surface area contributed by atoms with Crippen LogP contribution in [0.4, 0.5) is 17.2 Å². The van der Waals surface area contributed by atoms with Crippen LogP contribution in [0.5, 0.6) is 5.75 Å². The highest BCUT2D eigenvalue weighted by Crippen LogP contribution is 2.25. The Morgan fingerprint density at radius 1 is 1.09 bits per heavy atom. The van der Waals surface area contributed by atoms with Gasteiger partial charge in [-0.25, -0.2) is 0 Å². The molecule has 32 heavy (non-hydrogen) atoms. The number of rotatable bonds is 6. The molecule has 1 aliphatic rings. The average Bonchev–Trinajstić information content (AvgIpc) is 2.84. The van der Waals surface area contributed by atoms with Crippen molar-refractivity contribution in [2.75, 3.05) is 30.4 Å². The number of hydrogen-bond donors (Lipinski definition) is 1. The van der Waals surface area contributed by atoms with E-state index in [1.807, 2.05) is 36.4 Å². The number of non-ortho nitro benzene ring substituents is 1. The van der Waals surface area contributed by atoms with Crippen LogP contribution in [0.2, 0.25) is 0 Å². The molecule has 0 spiro atoms. The van der Waals surface area contributed by atoms with Gasteiger partial charge >= 0.3 is 0 Å². The van der Waals surface area contributed by atoms with Crippen LogP contribution in [0.15, 0.2) is 60.7 Å². The molecule has 4 rings (SSSR count). The molecule has 2 heterocycles. The number of methoxy groups -OCH3 is 1. The number of amides is 1. The van der Waals surface area contributed by atoms with Crippen molar-refractivity contribution < 1.29 is 14.5 Å². The zero-order chi connectivity index (χ0) is 22.5. The molecule has 0 aliphatic carbocycles. The summed E-state index contributed by atoms with van der Waals surface area (Å²) in [6.45, 7) is 1.34. The Morgan fingerprint density at radius 2 is 1.84 bits per heavy atom. The molecule has 0 radical (unpaired) electrons. The largest absolute Gasteiger partial charge is 0.497 e. The van der Waals surface area contributed by atoms with E-state index in [-0.39, 0.29) is 17.5 Å². The van der Waals surface area contributed by atoms with Gasteiger partial charge in [-0.05, 0) is 61.4 Å². The zero-order valence-electron chi connectivity index (χ0n) is 17.6. The van der Waals surface area contributed by atoms with Crippen LogP contribution in [-0.2, 0) is 4.79 Å². The Morgan fingerprint density at radius 3 is 2.47 bits per heavy atom. The number of piperidine rings is 1. The number of ether oxygens (including phenoxy) is 1. The molecule has 0 unspecified atom stereocenters. The maximum atomic E-state index is 12.7. The average molecular weight is 433 g/mol. The van der Waals surface area contributed by atoms with Crippen molar-refractivity contribution in [2.45, 2.75) is 12.8 Å². The summed E-state index contributed by atoms with van der Waals surface area (Å²) in [7, 11) is 1.63. The smallest absolute Gasteiger partial charge is 0.269 e. The number of aromatic nitrogens is 2. The quantitative estimate of drug-likeness (QED) is 0.463. The van der Waals surface area contributed by atoms with Crippen LogP contribution in [-0.4, -0.2) is 41.2 Å². The molecule has 9 nitrogen and oxygen atoms in total. The molecule has 3 aromatic rings. The van der Waals surface area contributed by atoms with Gasteiger partial charge in [-0.2, -0.15) is 0 Å². The fourth-order valence-corrected chi connectivity index (χ4v) is 3.72. The van der Waals surface area contributed by atoms with Gasteiger partial charge in [0.25, 0.3) is 5.69 Å². The Balaban J connectivity index is 1.39. The van der Waals surface area contributed by atoms with Gasteiger partial charge in [0.1, 0.15) is 5.75 Å². The molecule has 1 aliphatic heterocycles. The topological polar surface area (TPSA) is 110 Å². The molecule has 1 amide bonds. The monoisotopic (exact) mass is 433 g/mol. The van der Waals surface area contributed by atoms with E-state index in [2.05, 4.69) is 20.4 Å². The number of nitrogens with one attached hydrogen (secondary N) is 1. The maximum absolute atomic E-state index is 12.7. The Bertz CT molecular complexity index is 1080. The number of nitro groups is 1. The Kier molecular flexibility index (Phi) is 6.25. The number of benzene rings is 2. The number of nitrogens with zero attached hydrogens (tertiary/aromatic N) is 4. The highest BCUT2D eigenvalue weighted by atomic mass is 16.6. The molecule has 1 atom stereocenters. The molecule has 1 N–H and O–H groups in total. The number of carbonyl (C=O) groups excluding carboxylic acids is 1. The Hall–Kier alpha value is -4.01. The molecule has 1 aromatic heterocycles. The Labute approximate surface area is 185 Å². The van der Waals surface area contributed by atoms with Crippen molar-refractivity contribution in [1.82, 2.24) is 10.2 Å². The molecular formula is C23H23N5O4. The molecule has 9 heteroatoms. The van der Waals surface area contributed by atoms with Crippen molar-refractivity contribution in [3.63, 3.8) is 0 Å². The van der Waals surface area contributed by atoms with Crippen LogP contribution in [0.1, 0.15) is 12.8 Å². The summed E-state index contributed by atoms with van der Waals surface area (Å²) in [4.78, 5) is 25.1. The number of hydrogen-bond acceptors (Lipinski definition) is 7. The van der Waals surface area contributed by atoms with Crippen LogP contribution in [0, 0.1) is 16.0 Å². The number of nitro benzene ring substituents is 1.